The van der Waals surface area contributed by atoms with Crippen LogP contribution < -0.4 is 5.32 Å². The normalized spacial score (nSPS) is 14.0. The van der Waals surface area contributed by atoms with Crippen LogP contribution in [0.2, 0.25) is 0 Å². The van der Waals surface area contributed by atoms with Gasteiger partial charge in [0.15, 0.2) is 0 Å². The van der Waals surface area contributed by atoms with E-state index in [1.807, 2.05) is 36.4 Å². The number of phenolic OH excluding ortho intramolecular Hbond substituents is 1. The van der Waals surface area contributed by atoms with Gasteiger partial charge in [-0.1, -0.05) is 48.9 Å². The molecule has 1 heterocycles. The van der Waals surface area contributed by atoms with Gasteiger partial charge < -0.3 is 10.4 Å². The van der Waals surface area contributed by atoms with Crippen LogP contribution in [0.1, 0.15) is 35.2 Å². The third-order valence-electron chi connectivity index (χ3n) is 5.40. The Morgan fingerprint density at radius 3 is 2.40 bits per heavy atom. The third kappa shape index (κ3) is 5.41. The molecule has 0 atom stereocenters. The van der Waals surface area contributed by atoms with Crippen LogP contribution in [0.4, 0.5) is 5.69 Å². The average Bonchev–Trinajstić information content (AvgIpc) is 2.75. The van der Waals surface area contributed by atoms with Crippen LogP contribution in [0.3, 0.4) is 0 Å². The number of nitrogens with one attached hydrogen (secondary N) is 1. The molecule has 2 N–H and O–H groups in total. The number of rotatable bonds is 5. The molecule has 3 aromatic rings. The summed E-state index contributed by atoms with van der Waals surface area (Å²) in [6, 6.07) is 22.9. The quantitative estimate of drug-likeness (QED) is 0.553. The highest BCUT2D eigenvalue weighted by Gasteiger charge is 2.16. The summed E-state index contributed by atoms with van der Waals surface area (Å²) >= 11 is 0. The lowest BCUT2D eigenvalue weighted by Gasteiger charge is -2.27. The second-order valence-electron chi connectivity index (χ2n) is 7.58. The molecule has 0 saturated carbocycles. The number of hydrogen-bond donors (Lipinski definition) is 2. The van der Waals surface area contributed by atoms with Crippen molar-refractivity contribution in [3.05, 3.63) is 83.9 Å². The van der Waals surface area contributed by atoms with Crippen LogP contribution in [0, 0.1) is 0 Å². The zero-order valence-electron chi connectivity index (χ0n) is 16.9. The third-order valence-corrected chi connectivity index (χ3v) is 5.40. The molecule has 1 aliphatic rings. The molecule has 0 radical (unpaired) electrons. The van der Waals surface area contributed by atoms with E-state index in [9.17, 15) is 9.90 Å². The van der Waals surface area contributed by atoms with Crippen molar-refractivity contribution in [3.8, 4) is 16.9 Å². The minimum atomic E-state index is -0.171. The lowest BCUT2D eigenvalue weighted by molar-refractivity contribution is 0.102. The van der Waals surface area contributed by atoms with Crippen molar-refractivity contribution in [1.82, 2.24) is 4.90 Å². The number of amides is 1. The molecule has 0 spiro atoms. The number of likely N-dealkylation sites (tertiary alicyclic amines) is 1. The molecule has 5 heteroatoms. The second-order valence-corrected chi connectivity index (χ2v) is 7.58. The molecular weight excluding hydrogens is 396 g/mol. The van der Waals surface area contributed by atoms with Crippen molar-refractivity contribution >= 4 is 24.0 Å². The Morgan fingerprint density at radius 2 is 1.67 bits per heavy atom. The van der Waals surface area contributed by atoms with Gasteiger partial charge in [-0.25, -0.2) is 0 Å². The van der Waals surface area contributed by atoms with E-state index < -0.39 is 0 Å². The number of halogens is 1. The summed E-state index contributed by atoms with van der Waals surface area (Å²) in [6.07, 6.45) is 3.77. The highest BCUT2D eigenvalue weighted by Crippen LogP contribution is 2.27. The van der Waals surface area contributed by atoms with Crippen molar-refractivity contribution in [2.75, 3.05) is 18.4 Å². The van der Waals surface area contributed by atoms with Gasteiger partial charge in [-0.3, -0.25) is 9.69 Å². The Bertz CT molecular complexity index is 985. The van der Waals surface area contributed by atoms with E-state index >= 15 is 0 Å². The summed E-state index contributed by atoms with van der Waals surface area (Å²) < 4.78 is 0. The molecule has 0 unspecified atom stereocenters. The van der Waals surface area contributed by atoms with Crippen molar-refractivity contribution in [3.63, 3.8) is 0 Å². The number of carbonyl (C=O) groups is 1. The minimum Gasteiger partial charge on any atom is -0.508 e. The fourth-order valence-electron chi connectivity index (χ4n) is 3.91. The number of benzene rings is 3. The van der Waals surface area contributed by atoms with Gasteiger partial charge in [0.25, 0.3) is 5.91 Å². The predicted molar refractivity (Wildman–Crippen MR) is 124 cm³/mol. The van der Waals surface area contributed by atoms with Crippen molar-refractivity contribution in [2.24, 2.45) is 0 Å². The van der Waals surface area contributed by atoms with Gasteiger partial charge in [0, 0.05) is 23.9 Å². The van der Waals surface area contributed by atoms with Crippen LogP contribution in [-0.2, 0) is 6.54 Å². The molecule has 0 bridgehead atoms. The molecule has 3 aromatic carbocycles. The van der Waals surface area contributed by atoms with Crippen molar-refractivity contribution < 1.29 is 9.90 Å². The van der Waals surface area contributed by atoms with Gasteiger partial charge in [0.05, 0.1) is 0 Å². The summed E-state index contributed by atoms with van der Waals surface area (Å²) in [6.45, 7) is 3.05. The highest BCUT2D eigenvalue weighted by atomic mass is 35.5. The van der Waals surface area contributed by atoms with Crippen molar-refractivity contribution in [1.29, 1.82) is 0 Å². The monoisotopic (exact) mass is 422 g/mol. The van der Waals surface area contributed by atoms with Crippen LogP contribution in [-0.4, -0.2) is 29.0 Å². The number of phenols is 1. The molecule has 4 nitrogen and oxygen atoms in total. The molecule has 1 saturated heterocycles. The molecule has 0 aromatic heterocycles. The summed E-state index contributed by atoms with van der Waals surface area (Å²) in [5, 5.41) is 12.5. The predicted octanol–water partition coefficient (Wildman–Crippen LogP) is 5.72. The smallest absolute Gasteiger partial charge is 0.255 e. The van der Waals surface area contributed by atoms with E-state index in [2.05, 4.69) is 22.3 Å². The topological polar surface area (TPSA) is 52.6 Å². The summed E-state index contributed by atoms with van der Waals surface area (Å²) in [5.41, 5.74) is 4.71. The standard InChI is InChI=1S/C25H26N2O2.ClH/c28-23-11-7-10-22(17-23)26-25(29)20-12-13-24(19-8-3-1-4-9-19)21(16-20)18-27-14-5-2-6-15-27;/h1,3-4,7-13,16-17,28H,2,5-6,14-15,18H2,(H,26,29);1H. The Hall–Kier alpha value is -2.82. The Morgan fingerprint density at radius 1 is 0.900 bits per heavy atom. The first-order valence-electron chi connectivity index (χ1n) is 10.2. The number of carbonyl (C=O) groups excluding carboxylic acids is 1. The molecule has 1 amide bonds. The molecule has 0 aliphatic carbocycles. The lowest BCUT2D eigenvalue weighted by Crippen LogP contribution is -2.29. The van der Waals surface area contributed by atoms with Crippen LogP contribution in [0.25, 0.3) is 11.1 Å². The van der Waals surface area contributed by atoms with Gasteiger partial charge >= 0.3 is 0 Å². The average molecular weight is 423 g/mol. The van der Waals surface area contributed by atoms with E-state index in [1.165, 1.54) is 36.0 Å². The molecule has 30 heavy (non-hydrogen) atoms. The van der Waals surface area contributed by atoms with E-state index in [4.69, 9.17) is 0 Å². The SMILES string of the molecule is Cl.O=C(Nc1cccc(O)c1)c1ccc(-c2ccccc2)c(CN2CCCCC2)c1. The van der Waals surface area contributed by atoms with Gasteiger partial charge in [-0.2, -0.15) is 0 Å². The van der Waals surface area contributed by atoms with Crippen LogP contribution >= 0.6 is 12.4 Å². The fraction of sp³-hybridized carbons (Fsp3) is 0.240. The summed E-state index contributed by atoms with van der Waals surface area (Å²) in [4.78, 5) is 15.3. The molecule has 1 fully saturated rings. The van der Waals surface area contributed by atoms with Gasteiger partial charge in [-0.15, -0.1) is 12.4 Å². The zero-order valence-corrected chi connectivity index (χ0v) is 17.7. The summed E-state index contributed by atoms with van der Waals surface area (Å²) in [5.74, 6) is -0.0388. The molecule has 1 aliphatic heterocycles. The maximum absolute atomic E-state index is 12.8. The van der Waals surface area contributed by atoms with Crippen LogP contribution in [0.15, 0.2) is 72.8 Å². The number of piperidine rings is 1. The first-order chi connectivity index (χ1) is 14.2. The Kier molecular flexibility index (Phi) is 7.50. The largest absolute Gasteiger partial charge is 0.508 e. The minimum absolute atomic E-state index is 0. The number of anilines is 1. The lowest BCUT2D eigenvalue weighted by atomic mass is 9.96. The first-order valence-corrected chi connectivity index (χ1v) is 10.2. The number of hydrogen-bond acceptors (Lipinski definition) is 3. The van der Waals surface area contributed by atoms with E-state index in [0.717, 1.165) is 19.6 Å². The van der Waals surface area contributed by atoms with E-state index in [0.29, 0.717) is 11.3 Å². The number of aromatic hydroxyl groups is 1. The van der Waals surface area contributed by atoms with E-state index in [-0.39, 0.29) is 24.1 Å². The maximum atomic E-state index is 12.8. The van der Waals surface area contributed by atoms with Crippen LogP contribution in [0.5, 0.6) is 5.75 Å². The zero-order chi connectivity index (χ0) is 20.1. The Labute approximate surface area is 184 Å². The van der Waals surface area contributed by atoms with E-state index in [1.54, 1.807) is 24.3 Å². The highest BCUT2D eigenvalue weighted by molar-refractivity contribution is 6.04. The fourth-order valence-corrected chi connectivity index (χ4v) is 3.91. The van der Waals surface area contributed by atoms with Gasteiger partial charge in [-0.05, 0) is 66.9 Å². The van der Waals surface area contributed by atoms with Crippen molar-refractivity contribution in [2.45, 2.75) is 25.8 Å². The first kappa shape index (κ1) is 21.9. The second kappa shape index (κ2) is 10.3. The van der Waals surface area contributed by atoms with Gasteiger partial charge in [0.1, 0.15) is 5.75 Å². The number of nitrogens with zero attached hydrogens (tertiary/aromatic N) is 1. The molecule has 4 rings (SSSR count). The summed E-state index contributed by atoms with van der Waals surface area (Å²) in [7, 11) is 0. The molecular formula is C25H27ClN2O2. The maximum Gasteiger partial charge on any atom is 0.255 e. The Balaban J connectivity index is 0.00000256. The molecule has 156 valence electrons. The van der Waals surface area contributed by atoms with Gasteiger partial charge in [0.2, 0.25) is 0 Å².